The van der Waals surface area contributed by atoms with Gasteiger partial charge in [0.2, 0.25) is 0 Å². The number of thioether (sulfide) groups is 1. The molecular weight excluding hydrogens is 364 g/mol. The first-order valence-electron chi connectivity index (χ1n) is 9.73. The van der Waals surface area contributed by atoms with Gasteiger partial charge < -0.3 is 14.2 Å². The highest BCUT2D eigenvalue weighted by Crippen LogP contribution is 2.19. The number of hydrogen-bond donors (Lipinski definition) is 0. The van der Waals surface area contributed by atoms with Crippen molar-refractivity contribution in [3.8, 4) is 0 Å². The van der Waals surface area contributed by atoms with E-state index in [1.807, 2.05) is 0 Å². The van der Waals surface area contributed by atoms with Gasteiger partial charge in [-0.3, -0.25) is 9.59 Å². The summed E-state index contributed by atoms with van der Waals surface area (Å²) in [7, 11) is 0. The molecule has 27 heavy (non-hydrogen) atoms. The fraction of sp³-hybridized carbons (Fsp3) is 0.619. The zero-order chi connectivity index (χ0) is 19.3. The van der Waals surface area contributed by atoms with Crippen LogP contribution in [0.2, 0.25) is 0 Å². The van der Waals surface area contributed by atoms with Gasteiger partial charge in [0.1, 0.15) is 18.8 Å². The highest BCUT2D eigenvalue weighted by atomic mass is 32.2. The van der Waals surface area contributed by atoms with Gasteiger partial charge in [0.25, 0.3) is 0 Å². The Labute approximate surface area is 166 Å². The van der Waals surface area contributed by atoms with Gasteiger partial charge in [0.15, 0.2) is 6.29 Å². The van der Waals surface area contributed by atoms with Crippen LogP contribution in [0.3, 0.4) is 0 Å². The molecule has 0 amide bonds. The van der Waals surface area contributed by atoms with E-state index in [1.165, 1.54) is 18.9 Å². The van der Waals surface area contributed by atoms with E-state index in [1.54, 1.807) is 11.8 Å². The van der Waals surface area contributed by atoms with Crippen LogP contribution in [0.5, 0.6) is 0 Å². The summed E-state index contributed by atoms with van der Waals surface area (Å²) in [5.41, 5.74) is 1.32. The number of esters is 1. The third kappa shape index (κ3) is 9.94. The normalized spacial score (nSPS) is 16.9. The van der Waals surface area contributed by atoms with Crippen LogP contribution in [-0.2, 0) is 30.2 Å². The molecule has 1 fully saturated rings. The zero-order valence-electron chi connectivity index (χ0n) is 16.1. The summed E-state index contributed by atoms with van der Waals surface area (Å²) >= 11 is 1.64. The number of ether oxygens (including phenoxy) is 3. The van der Waals surface area contributed by atoms with E-state index in [-0.39, 0.29) is 18.5 Å². The van der Waals surface area contributed by atoms with Gasteiger partial charge in [-0.05, 0) is 63.1 Å². The standard InChI is InChI=1S/C21H30O5S/c1-17(22)16-20(23)24-14-15-27-19-10-8-18(9-11-19)6-2-4-12-25-21-7-3-5-13-26-21/h8-11,21H,2-7,12-16H2,1H3. The molecule has 150 valence electrons. The minimum Gasteiger partial charge on any atom is -0.464 e. The van der Waals surface area contributed by atoms with Crippen LogP contribution in [-0.4, -0.2) is 43.6 Å². The molecule has 0 saturated carbocycles. The second-order valence-corrected chi connectivity index (χ2v) is 7.88. The molecule has 0 radical (unpaired) electrons. The second-order valence-electron chi connectivity index (χ2n) is 6.72. The Morgan fingerprint density at radius 1 is 1.15 bits per heavy atom. The third-order valence-corrected chi connectivity index (χ3v) is 5.21. The Kier molecular flexibility index (Phi) is 10.5. The quantitative estimate of drug-likeness (QED) is 0.229. The molecule has 1 unspecified atom stereocenters. The van der Waals surface area contributed by atoms with Crippen molar-refractivity contribution < 1.29 is 23.8 Å². The average Bonchev–Trinajstić information content (AvgIpc) is 2.66. The maximum absolute atomic E-state index is 11.3. The number of benzene rings is 1. The molecule has 1 atom stereocenters. The lowest BCUT2D eigenvalue weighted by Crippen LogP contribution is -2.22. The van der Waals surface area contributed by atoms with E-state index >= 15 is 0 Å². The fourth-order valence-electron chi connectivity index (χ4n) is 2.81. The first-order chi connectivity index (χ1) is 13.1. The molecule has 1 aliphatic rings. The largest absolute Gasteiger partial charge is 0.464 e. The third-order valence-electron chi connectivity index (χ3n) is 4.23. The van der Waals surface area contributed by atoms with Crippen molar-refractivity contribution in [3.63, 3.8) is 0 Å². The van der Waals surface area contributed by atoms with Crippen LogP contribution in [0.25, 0.3) is 0 Å². The Balaban J connectivity index is 1.52. The minimum absolute atomic E-state index is 0.0109. The first kappa shape index (κ1) is 21.9. The molecule has 1 aliphatic heterocycles. The lowest BCUT2D eigenvalue weighted by Gasteiger charge is -2.22. The molecule has 0 bridgehead atoms. The molecule has 0 aliphatic carbocycles. The number of aryl methyl sites for hydroxylation is 1. The molecule has 1 saturated heterocycles. The number of hydrogen-bond acceptors (Lipinski definition) is 6. The summed E-state index contributed by atoms with van der Waals surface area (Å²) in [6.07, 6.45) is 6.44. The Morgan fingerprint density at radius 3 is 2.67 bits per heavy atom. The van der Waals surface area contributed by atoms with Gasteiger partial charge in [-0.1, -0.05) is 12.1 Å². The van der Waals surface area contributed by atoms with Crippen LogP contribution in [0.15, 0.2) is 29.2 Å². The number of unbranched alkanes of at least 4 members (excludes halogenated alkanes) is 1. The molecule has 1 aromatic carbocycles. The van der Waals surface area contributed by atoms with Gasteiger partial charge in [-0.25, -0.2) is 0 Å². The first-order valence-corrected chi connectivity index (χ1v) is 10.7. The number of Topliss-reactive ketones (excluding diaryl/α,β-unsaturated/α-hetero) is 1. The second kappa shape index (κ2) is 12.9. The van der Waals surface area contributed by atoms with Crippen molar-refractivity contribution in [2.75, 3.05) is 25.6 Å². The molecule has 0 spiro atoms. The molecule has 2 rings (SSSR count). The summed E-state index contributed by atoms with van der Waals surface area (Å²) < 4.78 is 16.3. The fourth-order valence-corrected chi connectivity index (χ4v) is 3.54. The summed E-state index contributed by atoms with van der Waals surface area (Å²) in [6.45, 7) is 3.30. The van der Waals surface area contributed by atoms with Crippen LogP contribution in [0.4, 0.5) is 0 Å². The maximum atomic E-state index is 11.3. The van der Waals surface area contributed by atoms with Crippen LogP contribution in [0, 0.1) is 0 Å². The van der Waals surface area contributed by atoms with Crippen LogP contribution < -0.4 is 0 Å². The summed E-state index contributed by atoms with van der Waals surface area (Å²) in [5, 5.41) is 0. The minimum atomic E-state index is -0.447. The Morgan fingerprint density at radius 2 is 1.96 bits per heavy atom. The van der Waals surface area contributed by atoms with Crippen molar-refractivity contribution in [3.05, 3.63) is 29.8 Å². The molecule has 0 N–H and O–H groups in total. The van der Waals surface area contributed by atoms with Crippen molar-refractivity contribution in [1.29, 1.82) is 0 Å². The summed E-state index contributed by atoms with van der Waals surface area (Å²) in [6, 6.07) is 8.50. The van der Waals surface area contributed by atoms with Gasteiger partial charge in [-0.2, -0.15) is 0 Å². The smallest absolute Gasteiger partial charge is 0.313 e. The predicted octanol–water partition coefficient (Wildman–Crippen LogP) is 4.17. The SMILES string of the molecule is CC(=O)CC(=O)OCCSc1ccc(CCCCOC2CCCCO2)cc1. The molecule has 0 aromatic heterocycles. The number of ketones is 1. The van der Waals surface area contributed by atoms with E-state index in [4.69, 9.17) is 14.2 Å². The molecule has 1 heterocycles. The van der Waals surface area contributed by atoms with Crippen molar-refractivity contribution in [2.45, 2.75) is 63.1 Å². The van der Waals surface area contributed by atoms with Crippen molar-refractivity contribution in [2.24, 2.45) is 0 Å². The molecule has 5 nitrogen and oxygen atoms in total. The van der Waals surface area contributed by atoms with E-state index in [0.717, 1.165) is 50.2 Å². The summed E-state index contributed by atoms with van der Waals surface area (Å²) in [5.74, 6) is 0.0680. The van der Waals surface area contributed by atoms with Crippen LogP contribution in [0.1, 0.15) is 51.0 Å². The lowest BCUT2D eigenvalue weighted by molar-refractivity contribution is -0.162. The summed E-state index contributed by atoms with van der Waals surface area (Å²) in [4.78, 5) is 23.2. The number of carbonyl (C=O) groups excluding carboxylic acids is 2. The average molecular weight is 395 g/mol. The van der Waals surface area contributed by atoms with Crippen LogP contribution >= 0.6 is 11.8 Å². The number of carbonyl (C=O) groups is 2. The van der Waals surface area contributed by atoms with E-state index in [2.05, 4.69) is 24.3 Å². The highest BCUT2D eigenvalue weighted by Gasteiger charge is 2.13. The Hall–Kier alpha value is -1.37. The van der Waals surface area contributed by atoms with Gasteiger partial charge >= 0.3 is 5.97 Å². The van der Waals surface area contributed by atoms with E-state index in [0.29, 0.717) is 12.4 Å². The van der Waals surface area contributed by atoms with E-state index < -0.39 is 5.97 Å². The number of rotatable bonds is 12. The van der Waals surface area contributed by atoms with Crippen molar-refractivity contribution in [1.82, 2.24) is 0 Å². The molecular formula is C21H30O5S. The highest BCUT2D eigenvalue weighted by molar-refractivity contribution is 7.99. The maximum Gasteiger partial charge on any atom is 0.313 e. The van der Waals surface area contributed by atoms with Gasteiger partial charge in [0.05, 0.1) is 0 Å². The molecule has 6 heteroatoms. The zero-order valence-corrected chi connectivity index (χ0v) is 16.9. The van der Waals surface area contributed by atoms with Gasteiger partial charge in [0, 0.05) is 23.9 Å². The Bertz CT molecular complexity index is 566. The van der Waals surface area contributed by atoms with E-state index in [9.17, 15) is 9.59 Å². The van der Waals surface area contributed by atoms with Gasteiger partial charge in [-0.15, -0.1) is 11.8 Å². The lowest BCUT2D eigenvalue weighted by atomic mass is 10.1. The monoisotopic (exact) mass is 394 g/mol. The predicted molar refractivity (Wildman–Crippen MR) is 106 cm³/mol. The van der Waals surface area contributed by atoms with Crippen molar-refractivity contribution >= 4 is 23.5 Å². The molecule has 1 aromatic rings. The topological polar surface area (TPSA) is 61.8 Å².